The fourth-order valence-corrected chi connectivity index (χ4v) is 1.80. The number of rotatable bonds is 6. The largest absolute Gasteiger partial charge is 0.459 e. The first-order valence-corrected chi connectivity index (χ1v) is 6.31. The lowest BCUT2D eigenvalue weighted by Gasteiger charge is -2.16. The molecule has 2 amide bonds. The Hall–Kier alpha value is -1.82. The Bertz CT molecular complexity index is 440. The fraction of sp³-hybridized carbons (Fsp3) is 0.538. The van der Waals surface area contributed by atoms with E-state index in [9.17, 15) is 14.7 Å². The number of nitrogens with zero attached hydrogens (tertiary/aromatic N) is 1. The molecule has 1 heterocycles. The van der Waals surface area contributed by atoms with E-state index in [0.29, 0.717) is 5.92 Å². The summed E-state index contributed by atoms with van der Waals surface area (Å²) in [5.74, 6) is -0.110. The van der Waals surface area contributed by atoms with E-state index in [1.54, 1.807) is 12.1 Å². The number of aliphatic hydroxyl groups excluding tert-OH is 1. The van der Waals surface area contributed by atoms with E-state index < -0.39 is 6.10 Å². The number of carbonyl (C=O) groups is 2. The number of hydrogen-bond acceptors (Lipinski definition) is 4. The minimum atomic E-state index is -0.477. The summed E-state index contributed by atoms with van der Waals surface area (Å²) in [7, 11) is 1.53. The van der Waals surface area contributed by atoms with Gasteiger partial charge in [-0.15, -0.1) is 0 Å². The Balaban J connectivity index is 1.73. The molecule has 2 N–H and O–H groups in total. The molecular formula is C13H18N2O4. The minimum Gasteiger partial charge on any atom is -0.459 e. The van der Waals surface area contributed by atoms with Gasteiger partial charge in [0.15, 0.2) is 5.76 Å². The molecular weight excluding hydrogens is 248 g/mol. The van der Waals surface area contributed by atoms with Crippen molar-refractivity contribution >= 4 is 11.8 Å². The third-order valence-corrected chi connectivity index (χ3v) is 3.13. The van der Waals surface area contributed by atoms with E-state index in [2.05, 4.69) is 5.32 Å². The maximum Gasteiger partial charge on any atom is 0.289 e. The summed E-state index contributed by atoms with van der Waals surface area (Å²) >= 11 is 0. The average Bonchev–Trinajstić information content (AvgIpc) is 3.10. The highest BCUT2D eigenvalue weighted by Gasteiger charge is 2.29. The van der Waals surface area contributed by atoms with Gasteiger partial charge in [0, 0.05) is 13.6 Å². The zero-order valence-corrected chi connectivity index (χ0v) is 10.8. The van der Waals surface area contributed by atoms with Gasteiger partial charge >= 0.3 is 0 Å². The van der Waals surface area contributed by atoms with Gasteiger partial charge in [-0.3, -0.25) is 9.59 Å². The summed E-state index contributed by atoms with van der Waals surface area (Å²) in [6.45, 7) is 0.184. The fourth-order valence-electron chi connectivity index (χ4n) is 1.80. The van der Waals surface area contributed by atoms with Gasteiger partial charge in [-0.05, 0) is 30.9 Å². The molecule has 1 aliphatic carbocycles. The van der Waals surface area contributed by atoms with Crippen LogP contribution in [0, 0.1) is 5.92 Å². The molecule has 2 rings (SSSR count). The second-order valence-corrected chi connectivity index (χ2v) is 4.85. The van der Waals surface area contributed by atoms with Crippen molar-refractivity contribution in [3.05, 3.63) is 24.2 Å². The van der Waals surface area contributed by atoms with Gasteiger partial charge in [-0.1, -0.05) is 0 Å². The predicted molar refractivity (Wildman–Crippen MR) is 67.4 cm³/mol. The number of hydrogen-bond donors (Lipinski definition) is 2. The zero-order valence-electron chi connectivity index (χ0n) is 10.8. The number of likely N-dealkylation sites (N-methyl/N-ethyl adjacent to an activating group) is 1. The van der Waals surface area contributed by atoms with Gasteiger partial charge in [-0.2, -0.15) is 0 Å². The smallest absolute Gasteiger partial charge is 0.289 e. The number of aliphatic hydroxyl groups is 1. The van der Waals surface area contributed by atoms with Crippen LogP contribution in [0.25, 0.3) is 0 Å². The maximum absolute atomic E-state index is 11.8. The highest BCUT2D eigenvalue weighted by molar-refractivity contribution is 5.94. The number of carbonyl (C=O) groups excluding carboxylic acids is 2. The van der Waals surface area contributed by atoms with Crippen molar-refractivity contribution < 1.29 is 19.1 Å². The Labute approximate surface area is 111 Å². The third-order valence-electron chi connectivity index (χ3n) is 3.13. The first-order valence-electron chi connectivity index (χ1n) is 6.31. The molecule has 1 fully saturated rings. The highest BCUT2D eigenvalue weighted by Crippen LogP contribution is 2.32. The molecule has 0 aromatic carbocycles. The molecule has 0 bridgehead atoms. The normalized spacial score (nSPS) is 15.9. The summed E-state index contributed by atoms with van der Waals surface area (Å²) in [6, 6.07) is 3.17. The molecule has 0 aliphatic heterocycles. The molecule has 6 heteroatoms. The lowest BCUT2D eigenvalue weighted by atomic mass is 10.2. The third kappa shape index (κ3) is 3.82. The predicted octanol–water partition coefficient (Wildman–Crippen LogP) is 0.239. The molecule has 1 aromatic heterocycles. The van der Waals surface area contributed by atoms with Crippen LogP contribution < -0.4 is 5.32 Å². The number of amides is 2. The van der Waals surface area contributed by atoms with Gasteiger partial charge in [0.1, 0.15) is 0 Å². The highest BCUT2D eigenvalue weighted by atomic mass is 16.3. The van der Waals surface area contributed by atoms with Crippen LogP contribution in [0.1, 0.15) is 23.4 Å². The van der Waals surface area contributed by atoms with Gasteiger partial charge in [-0.25, -0.2) is 0 Å². The van der Waals surface area contributed by atoms with Crippen LogP contribution in [0.3, 0.4) is 0 Å². The van der Waals surface area contributed by atoms with Crippen molar-refractivity contribution in [2.45, 2.75) is 18.9 Å². The summed E-state index contributed by atoms with van der Waals surface area (Å²) in [4.78, 5) is 24.7. The molecule has 0 spiro atoms. The Kier molecular flexibility index (Phi) is 4.21. The Morgan fingerprint density at radius 3 is 2.89 bits per heavy atom. The summed E-state index contributed by atoms with van der Waals surface area (Å²) in [5.41, 5.74) is 0. The van der Waals surface area contributed by atoms with Crippen LogP contribution in [0.4, 0.5) is 0 Å². The molecule has 1 saturated carbocycles. The topological polar surface area (TPSA) is 82.8 Å². The summed E-state index contributed by atoms with van der Waals surface area (Å²) < 4.78 is 4.97. The van der Waals surface area contributed by atoms with Crippen LogP contribution in [-0.4, -0.2) is 48.1 Å². The molecule has 1 atom stereocenters. The van der Waals surface area contributed by atoms with Crippen molar-refractivity contribution in [2.75, 3.05) is 20.1 Å². The van der Waals surface area contributed by atoms with E-state index in [1.165, 1.54) is 18.2 Å². The maximum atomic E-state index is 11.8. The average molecular weight is 266 g/mol. The van der Waals surface area contributed by atoms with E-state index >= 15 is 0 Å². The number of nitrogens with one attached hydrogen (secondary N) is 1. The molecule has 1 unspecified atom stereocenters. The van der Waals surface area contributed by atoms with E-state index in [0.717, 1.165) is 12.8 Å². The molecule has 19 heavy (non-hydrogen) atoms. The Morgan fingerprint density at radius 2 is 2.32 bits per heavy atom. The summed E-state index contributed by atoms with van der Waals surface area (Å²) in [5, 5.41) is 12.2. The van der Waals surface area contributed by atoms with Gasteiger partial charge in [0.2, 0.25) is 5.91 Å². The van der Waals surface area contributed by atoms with Gasteiger partial charge in [0.05, 0.1) is 18.9 Å². The van der Waals surface area contributed by atoms with Crippen LogP contribution >= 0.6 is 0 Å². The molecule has 1 aromatic rings. The van der Waals surface area contributed by atoms with Crippen molar-refractivity contribution in [1.29, 1.82) is 0 Å². The van der Waals surface area contributed by atoms with Gasteiger partial charge in [0.25, 0.3) is 5.91 Å². The standard InChI is InChI=1S/C13H18N2O4/c1-15(13(18)11-3-2-6-19-11)8-12(17)14-7-10(16)9-4-5-9/h2-3,6,9-10,16H,4-5,7-8H2,1H3,(H,14,17). The molecule has 0 saturated heterocycles. The summed E-state index contributed by atoms with van der Waals surface area (Å²) in [6.07, 6.45) is 2.98. The van der Waals surface area contributed by atoms with E-state index in [4.69, 9.17) is 4.42 Å². The van der Waals surface area contributed by atoms with Crippen molar-refractivity contribution in [3.63, 3.8) is 0 Å². The zero-order chi connectivity index (χ0) is 13.8. The van der Waals surface area contributed by atoms with Gasteiger partial charge < -0.3 is 19.7 Å². The van der Waals surface area contributed by atoms with Crippen LogP contribution in [0.5, 0.6) is 0 Å². The first kappa shape index (κ1) is 13.6. The lowest BCUT2D eigenvalue weighted by molar-refractivity contribution is -0.122. The quantitative estimate of drug-likeness (QED) is 0.772. The van der Waals surface area contributed by atoms with Crippen LogP contribution in [0.2, 0.25) is 0 Å². The second-order valence-electron chi connectivity index (χ2n) is 4.85. The van der Waals surface area contributed by atoms with Crippen molar-refractivity contribution in [2.24, 2.45) is 5.92 Å². The monoisotopic (exact) mass is 266 g/mol. The lowest BCUT2D eigenvalue weighted by Crippen LogP contribution is -2.41. The van der Waals surface area contributed by atoms with Crippen LogP contribution in [0.15, 0.2) is 22.8 Å². The Morgan fingerprint density at radius 1 is 1.58 bits per heavy atom. The molecule has 104 valence electrons. The molecule has 1 aliphatic rings. The van der Waals surface area contributed by atoms with E-state index in [1.807, 2.05) is 0 Å². The first-order chi connectivity index (χ1) is 9.08. The molecule has 0 radical (unpaired) electrons. The SMILES string of the molecule is CN(CC(=O)NCC(O)C1CC1)C(=O)c1ccco1. The van der Waals surface area contributed by atoms with E-state index in [-0.39, 0.29) is 30.7 Å². The molecule has 6 nitrogen and oxygen atoms in total. The van der Waals surface area contributed by atoms with Crippen molar-refractivity contribution in [1.82, 2.24) is 10.2 Å². The number of furan rings is 1. The second kappa shape index (κ2) is 5.88. The minimum absolute atomic E-state index is 0.0586. The van der Waals surface area contributed by atoms with Crippen molar-refractivity contribution in [3.8, 4) is 0 Å². The van der Waals surface area contributed by atoms with Crippen LogP contribution in [-0.2, 0) is 4.79 Å².